The second-order valence-electron chi connectivity index (χ2n) is 6.48. The first-order valence-electron chi connectivity index (χ1n) is 8.92. The van der Waals surface area contributed by atoms with Crippen LogP contribution in [-0.4, -0.2) is 35.2 Å². The number of imide groups is 1. The number of ether oxygens (including phenoxy) is 2. The molecule has 0 aliphatic carbocycles. The molecule has 31 heavy (non-hydrogen) atoms. The van der Waals surface area contributed by atoms with Gasteiger partial charge in [0.05, 0.1) is 22.1 Å². The zero-order valence-corrected chi connectivity index (χ0v) is 19.4. The van der Waals surface area contributed by atoms with Gasteiger partial charge in [-0.3, -0.25) is 14.5 Å². The van der Waals surface area contributed by atoms with Gasteiger partial charge in [-0.05, 0) is 60.2 Å². The van der Waals surface area contributed by atoms with Gasteiger partial charge < -0.3 is 9.47 Å². The maximum Gasteiger partial charge on any atom is 0.328 e. The lowest BCUT2D eigenvalue weighted by molar-refractivity contribution is -0.148. The van der Waals surface area contributed by atoms with Gasteiger partial charge in [0.25, 0.3) is 11.1 Å². The van der Waals surface area contributed by atoms with E-state index in [-0.39, 0.29) is 21.6 Å². The molecule has 1 fully saturated rings. The van der Waals surface area contributed by atoms with Gasteiger partial charge in [0.2, 0.25) is 0 Å². The number of nitrogens with zero attached hydrogens (tertiary/aromatic N) is 1. The minimum atomic E-state index is -1.03. The van der Waals surface area contributed by atoms with Crippen molar-refractivity contribution in [1.82, 2.24) is 4.90 Å². The molecule has 1 saturated heterocycles. The smallest absolute Gasteiger partial charge is 0.328 e. The van der Waals surface area contributed by atoms with Crippen molar-refractivity contribution in [2.75, 3.05) is 7.11 Å². The predicted molar refractivity (Wildman–Crippen MR) is 122 cm³/mol. The van der Waals surface area contributed by atoms with E-state index in [1.165, 1.54) is 20.1 Å². The minimum absolute atomic E-state index is 0.141. The van der Waals surface area contributed by atoms with Crippen LogP contribution in [0.2, 0.25) is 15.1 Å². The number of thioether (sulfide) groups is 1. The Kier molecular flexibility index (Phi) is 7.54. The van der Waals surface area contributed by atoms with Crippen molar-refractivity contribution in [1.29, 1.82) is 0 Å². The lowest BCUT2D eigenvalue weighted by Crippen LogP contribution is -2.42. The van der Waals surface area contributed by atoms with Crippen LogP contribution in [0.25, 0.3) is 6.08 Å². The Hall–Kier alpha value is -2.19. The molecule has 1 heterocycles. The Morgan fingerprint density at radius 1 is 1.13 bits per heavy atom. The fourth-order valence-corrected chi connectivity index (χ4v) is 4.43. The lowest BCUT2D eigenvalue weighted by atomic mass is 10.2. The number of halogens is 3. The average molecular weight is 501 g/mol. The summed E-state index contributed by atoms with van der Waals surface area (Å²) in [6.45, 7) is 1.66. The van der Waals surface area contributed by atoms with Crippen molar-refractivity contribution in [3.05, 3.63) is 67.5 Å². The van der Waals surface area contributed by atoms with Crippen molar-refractivity contribution >= 4 is 69.8 Å². The van der Waals surface area contributed by atoms with Gasteiger partial charge in [0.15, 0.2) is 5.75 Å². The number of rotatable bonds is 6. The third kappa shape index (κ3) is 5.36. The topological polar surface area (TPSA) is 72.9 Å². The molecule has 2 aromatic rings. The minimum Gasteiger partial charge on any atom is -0.486 e. The van der Waals surface area contributed by atoms with Crippen molar-refractivity contribution < 1.29 is 23.9 Å². The van der Waals surface area contributed by atoms with Gasteiger partial charge in [0.1, 0.15) is 12.6 Å². The third-order valence-electron chi connectivity index (χ3n) is 4.37. The fourth-order valence-electron chi connectivity index (χ4n) is 2.78. The van der Waals surface area contributed by atoms with Crippen LogP contribution in [0.4, 0.5) is 4.79 Å². The zero-order chi connectivity index (χ0) is 22.7. The van der Waals surface area contributed by atoms with E-state index in [4.69, 9.17) is 39.5 Å². The summed E-state index contributed by atoms with van der Waals surface area (Å²) in [6.07, 6.45) is 1.48. The summed E-state index contributed by atoms with van der Waals surface area (Å²) >= 11 is 19.2. The van der Waals surface area contributed by atoms with E-state index in [1.54, 1.807) is 24.3 Å². The van der Waals surface area contributed by atoms with Gasteiger partial charge in [-0.2, -0.15) is 0 Å². The highest BCUT2D eigenvalue weighted by atomic mass is 35.5. The SMILES string of the molecule is COC(=O)[C@H](C)N1C(=O)S/C(=C/c2cc(Cl)c(OCc3ccc(Cl)cc3)c(Cl)c2)C1=O. The summed E-state index contributed by atoms with van der Waals surface area (Å²) in [5.74, 6) is -0.983. The molecule has 0 aromatic heterocycles. The molecule has 1 atom stereocenters. The van der Waals surface area contributed by atoms with Crippen molar-refractivity contribution in [2.45, 2.75) is 19.6 Å². The normalized spacial score (nSPS) is 16.0. The Morgan fingerprint density at radius 3 is 2.32 bits per heavy atom. The second kappa shape index (κ2) is 9.96. The molecule has 0 N–H and O–H groups in total. The second-order valence-corrected chi connectivity index (χ2v) is 8.72. The standard InChI is InChI=1S/C21H16Cl3NO5S/c1-11(20(27)29-2)25-19(26)17(31-21(25)28)9-13-7-15(23)18(16(24)8-13)30-10-12-3-5-14(22)6-4-12/h3-9,11H,10H2,1-2H3/b17-9+/t11-/m0/s1. The molecule has 2 amide bonds. The number of benzene rings is 2. The van der Waals surface area contributed by atoms with Gasteiger partial charge >= 0.3 is 5.97 Å². The van der Waals surface area contributed by atoms with Crippen LogP contribution >= 0.6 is 46.6 Å². The van der Waals surface area contributed by atoms with Gasteiger partial charge in [-0.1, -0.05) is 46.9 Å². The van der Waals surface area contributed by atoms with Crippen LogP contribution < -0.4 is 4.74 Å². The van der Waals surface area contributed by atoms with Crippen LogP contribution in [0.3, 0.4) is 0 Å². The monoisotopic (exact) mass is 499 g/mol. The fraction of sp³-hybridized carbons (Fsp3) is 0.190. The van der Waals surface area contributed by atoms with Crippen molar-refractivity contribution in [3.63, 3.8) is 0 Å². The highest BCUT2D eigenvalue weighted by Gasteiger charge is 2.41. The Labute approximate surface area is 198 Å². The maximum absolute atomic E-state index is 12.6. The molecule has 0 spiro atoms. The number of carbonyl (C=O) groups excluding carboxylic acids is 3. The largest absolute Gasteiger partial charge is 0.486 e. The number of hydrogen-bond acceptors (Lipinski definition) is 6. The van der Waals surface area contributed by atoms with E-state index in [0.29, 0.717) is 16.3 Å². The first-order chi connectivity index (χ1) is 14.7. The van der Waals surface area contributed by atoms with Gasteiger partial charge in [-0.25, -0.2) is 4.79 Å². The molecule has 3 rings (SSSR count). The first kappa shape index (κ1) is 23.5. The van der Waals surface area contributed by atoms with Crippen LogP contribution in [0.5, 0.6) is 5.75 Å². The summed E-state index contributed by atoms with van der Waals surface area (Å²) in [4.78, 5) is 37.5. The molecule has 0 saturated carbocycles. The molecular formula is C21H16Cl3NO5S. The maximum atomic E-state index is 12.6. The van der Waals surface area contributed by atoms with Crippen molar-refractivity contribution in [3.8, 4) is 5.75 Å². The summed E-state index contributed by atoms with van der Waals surface area (Å²) < 4.78 is 10.3. The number of carbonyl (C=O) groups is 3. The quantitative estimate of drug-likeness (QED) is 0.367. The number of esters is 1. The van der Waals surface area contributed by atoms with E-state index in [9.17, 15) is 14.4 Å². The molecule has 0 bridgehead atoms. The zero-order valence-electron chi connectivity index (χ0n) is 16.4. The van der Waals surface area contributed by atoms with E-state index in [0.717, 1.165) is 22.2 Å². The van der Waals surface area contributed by atoms with E-state index in [2.05, 4.69) is 4.74 Å². The molecular weight excluding hydrogens is 485 g/mol. The molecule has 0 radical (unpaired) electrons. The van der Waals surface area contributed by atoms with E-state index >= 15 is 0 Å². The number of hydrogen-bond donors (Lipinski definition) is 0. The number of amides is 2. The number of methoxy groups -OCH3 is 1. The molecule has 1 aliphatic rings. The lowest BCUT2D eigenvalue weighted by Gasteiger charge is -2.18. The Balaban J connectivity index is 1.78. The van der Waals surface area contributed by atoms with Crippen LogP contribution in [0.1, 0.15) is 18.1 Å². The molecule has 2 aromatic carbocycles. The highest BCUT2D eigenvalue weighted by molar-refractivity contribution is 8.18. The van der Waals surface area contributed by atoms with Crippen molar-refractivity contribution in [2.24, 2.45) is 0 Å². The van der Waals surface area contributed by atoms with Gasteiger partial charge in [0, 0.05) is 5.02 Å². The van der Waals surface area contributed by atoms with E-state index < -0.39 is 23.2 Å². The van der Waals surface area contributed by atoms with Crippen LogP contribution in [-0.2, 0) is 20.9 Å². The summed E-state index contributed by atoms with van der Waals surface area (Å²) in [6, 6.07) is 9.26. The molecule has 6 nitrogen and oxygen atoms in total. The van der Waals surface area contributed by atoms with Crippen LogP contribution in [0, 0.1) is 0 Å². The molecule has 1 aliphatic heterocycles. The van der Waals surface area contributed by atoms with E-state index in [1.807, 2.05) is 12.1 Å². The molecule has 0 unspecified atom stereocenters. The first-order valence-corrected chi connectivity index (χ1v) is 10.9. The summed E-state index contributed by atoms with van der Waals surface area (Å²) in [7, 11) is 1.19. The summed E-state index contributed by atoms with van der Waals surface area (Å²) in [5, 5.41) is 0.550. The predicted octanol–water partition coefficient (Wildman–Crippen LogP) is 5.82. The Morgan fingerprint density at radius 2 is 1.74 bits per heavy atom. The Bertz CT molecular complexity index is 1050. The highest BCUT2D eigenvalue weighted by Crippen LogP contribution is 2.38. The third-order valence-corrected chi connectivity index (χ3v) is 6.07. The summed E-state index contributed by atoms with van der Waals surface area (Å²) in [5.41, 5.74) is 1.39. The average Bonchev–Trinajstić information content (AvgIpc) is 3.00. The molecule has 162 valence electrons. The van der Waals surface area contributed by atoms with Crippen LogP contribution in [0.15, 0.2) is 41.3 Å². The molecule has 10 heteroatoms. The van der Waals surface area contributed by atoms with Gasteiger partial charge in [-0.15, -0.1) is 0 Å².